The first kappa shape index (κ1) is 21.8. The number of methoxy groups -OCH3 is 1. The van der Waals surface area contributed by atoms with Crippen molar-refractivity contribution in [2.75, 3.05) is 49.7 Å². The number of carbonyl (C=O) groups excluding carboxylic acids is 3. The van der Waals surface area contributed by atoms with Crippen molar-refractivity contribution in [1.29, 1.82) is 0 Å². The molecule has 2 aromatic carbocycles. The van der Waals surface area contributed by atoms with E-state index in [-0.39, 0.29) is 24.3 Å². The van der Waals surface area contributed by atoms with Crippen molar-refractivity contribution >= 4 is 29.2 Å². The van der Waals surface area contributed by atoms with Gasteiger partial charge in [-0.3, -0.25) is 9.59 Å². The van der Waals surface area contributed by atoms with Gasteiger partial charge in [-0.1, -0.05) is 0 Å². The molecule has 1 N–H and O–H groups in total. The van der Waals surface area contributed by atoms with E-state index in [4.69, 9.17) is 9.47 Å². The molecule has 2 saturated heterocycles. The minimum absolute atomic E-state index is 0.174. The zero-order valence-corrected chi connectivity index (χ0v) is 18.4. The Labute approximate surface area is 187 Å². The molecule has 32 heavy (non-hydrogen) atoms. The quantitative estimate of drug-likeness (QED) is 0.534. The van der Waals surface area contributed by atoms with Crippen LogP contribution in [0.3, 0.4) is 0 Å². The number of hydrogen-bond donors (Lipinski definition) is 1. The summed E-state index contributed by atoms with van der Waals surface area (Å²) in [4.78, 5) is 42.3. The van der Waals surface area contributed by atoms with Gasteiger partial charge in [0.05, 0.1) is 57.6 Å². The number of imide groups is 1. The first-order chi connectivity index (χ1) is 15.5. The van der Waals surface area contributed by atoms with E-state index in [1.807, 2.05) is 24.3 Å². The molecule has 0 saturated carbocycles. The van der Waals surface area contributed by atoms with Gasteiger partial charge in [-0.05, 0) is 55.5 Å². The van der Waals surface area contributed by atoms with Crippen molar-refractivity contribution in [2.45, 2.75) is 19.4 Å². The summed E-state index contributed by atoms with van der Waals surface area (Å²) in [5.74, 6) is 0.0272. The van der Waals surface area contributed by atoms with Gasteiger partial charge in [0.25, 0.3) is 5.91 Å². The number of hydrogen-bond acceptors (Lipinski definition) is 6. The lowest BCUT2D eigenvalue weighted by atomic mass is 10.1. The third-order valence-corrected chi connectivity index (χ3v) is 6.12. The Morgan fingerprint density at radius 2 is 1.62 bits per heavy atom. The number of ether oxygens (including phenoxy) is 2. The van der Waals surface area contributed by atoms with E-state index in [0.29, 0.717) is 17.9 Å². The highest BCUT2D eigenvalue weighted by molar-refractivity contribution is 6.22. The summed E-state index contributed by atoms with van der Waals surface area (Å²) in [5.41, 5.74) is 2.01. The fourth-order valence-electron chi connectivity index (χ4n) is 4.38. The van der Waals surface area contributed by atoms with E-state index in [0.717, 1.165) is 42.5 Å². The second-order valence-electron chi connectivity index (χ2n) is 7.93. The highest BCUT2D eigenvalue weighted by Crippen LogP contribution is 2.23. The molecule has 8 heteroatoms. The number of carbonyl (C=O) groups is 3. The molecule has 2 aliphatic rings. The molecule has 168 valence electrons. The lowest BCUT2D eigenvalue weighted by molar-refractivity contribution is -0.915. The van der Waals surface area contributed by atoms with Crippen molar-refractivity contribution in [3.05, 3.63) is 54.1 Å². The Hall–Kier alpha value is -3.39. The number of piperazine rings is 1. The molecule has 2 aliphatic heterocycles. The first-order valence-corrected chi connectivity index (χ1v) is 10.9. The number of anilines is 2. The van der Waals surface area contributed by atoms with Crippen LogP contribution < -0.4 is 19.4 Å². The van der Waals surface area contributed by atoms with E-state index >= 15 is 0 Å². The van der Waals surface area contributed by atoms with E-state index in [9.17, 15) is 14.4 Å². The number of nitrogens with zero attached hydrogens (tertiary/aromatic N) is 2. The number of amides is 2. The van der Waals surface area contributed by atoms with Crippen molar-refractivity contribution < 1.29 is 28.8 Å². The molecular formula is C24H28N3O5+. The lowest BCUT2D eigenvalue weighted by Crippen LogP contribution is -3.19. The molecule has 2 aromatic rings. The molecule has 0 aromatic heterocycles. The third-order valence-electron chi connectivity index (χ3n) is 6.12. The molecule has 2 fully saturated rings. The molecule has 1 atom stereocenters. The lowest BCUT2D eigenvalue weighted by Gasteiger charge is -2.35. The molecular weight excluding hydrogens is 410 g/mol. The number of benzene rings is 2. The molecule has 0 bridgehead atoms. The van der Waals surface area contributed by atoms with Gasteiger partial charge in [-0.25, -0.2) is 9.69 Å². The first-order valence-electron chi connectivity index (χ1n) is 10.9. The normalized spacial score (nSPS) is 19.4. The van der Waals surface area contributed by atoms with Gasteiger partial charge in [0.15, 0.2) is 6.04 Å². The number of esters is 1. The van der Waals surface area contributed by atoms with Crippen LogP contribution in [0.1, 0.15) is 23.7 Å². The maximum atomic E-state index is 13.1. The van der Waals surface area contributed by atoms with Crippen molar-refractivity contribution in [3.63, 3.8) is 0 Å². The molecule has 2 heterocycles. The third kappa shape index (κ3) is 4.31. The van der Waals surface area contributed by atoms with Gasteiger partial charge in [0, 0.05) is 5.69 Å². The molecule has 0 radical (unpaired) electrons. The Morgan fingerprint density at radius 3 is 2.22 bits per heavy atom. The van der Waals surface area contributed by atoms with Gasteiger partial charge >= 0.3 is 5.97 Å². The zero-order valence-electron chi connectivity index (χ0n) is 18.4. The minimum atomic E-state index is -0.421. The van der Waals surface area contributed by atoms with Crippen LogP contribution in [-0.2, 0) is 14.3 Å². The van der Waals surface area contributed by atoms with Crippen molar-refractivity contribution in [3.8, 4) is 5.75 Å². The second-order valence-corrected chi connectivity index (χ2v) is 7.93. The van der Waals surface area contributed by atoms with Crippen LogP contribution in [0, 0.1) is 0 Å². The van der Waals surface area contributed by atoms with E-state index in [1.54, 1.807) is 38.3 Å². The molecule has 2 amide bonds. The summed E-state index contributed by atoms with van der Waals surface area (Å²) in [6.07, 6.45) is 0.205. The van der Waals surface area contributed by atoms with Gasteiger partial charge < -0.3 is 19.3 Å². The number of quaternary nitrogens is 1. The summed E-state index contributed by atoms with van der Waals surface area (Å²) in [6, 6.07) is 14.0. The SMILES string of the molecule is CCOC(=O)c1ccc(N2C(=O)C[C@@H]([NH+]3CCN(c4ccc(OC)cc4)CC3)C2=O)cc1. The fraction of sp³-hybridized carbons (Fsp3) is 0.375. The maximum absolute atomic E-state index is 13.1. The van der Waals surface area contributed by atoms with Gasteiger partial charge in [0.1, 0.15) is 5.75 Å². The zero-order chi connectivity index (χ0) is 22.7. The molecule has 8 nitrogen and oxygen atoms in total. The highest BCUT2D eigenvalue weighted by atomic mass is 16.5. The average Bonchev–Trinajstić information content (AvgIpc) is 3.13. The molecule has 0 spiro atoms. The Bertz CT molecular complexity index is 982. The fourth-order valence-corrected chi connectivity index (χ4v) is 4.38. The van der Waals surface area contributed by atoms with Crippen LogP contribution >= 0.6 is 0 Å². The second kappa shape index (κ2) is 9.40. The van der Waals surface area contributed by atoms with Crippen LogP contribution in [0.4, 0.5) is 11.4 Å². The summed E-state index contributed by atoms with van der Waals surface area (Å²) >= 11 is 0. The number of nitrogens with one attached hydrogen (secondary N) is 1. The highest BCUT2D eigenvalue weighted by Gasteiger charge is 2.46. The topological polar surface area (TPSA) is 80.6 Å². The van der Waals surface area contributed by atoms with E-state index in [1.165, 1.54) is 4.90 Å². The van der Waals surface area contributed by atoms with Crippen molar-refractivity contribution in [2.24, 2.45) is 0 Å². The van der Waals surface area contributed by atoms with Crippen LogP contribution in [0.15, 0.2) is 48.5 Å². The Balaban J connectivity index is 1.39. The minimum Gasteiger partial charge on any atom is -0.497 e. The average molecular weight is 439 g/mol. The van der Waals surface area contributed by atoms with Crippen LogP contribution in [-0.4, -0.2) is 63.7 Å². The van der Waals surface area contributed by atoms with Crippen LogP contribution in [0.5, 0.6) is 5.75 Å². The monoisotopic (exact) mass is 438 g/mol. The summed E-state index contributed by atoms with van der Waals surface area (Å²) in [6.45, 7) is 5.23. The molecule has 0 aliphatic carbocycles. The number of rotatable bonds is 6. The standard InChI is InChI=1S/C24H27N3O5/c1-3-32-24(30)17-4-6-19(7-5-17)27-22(28)16-21(23(27)29)26-14-12-25(13-15-26)18-8-10-20(31-2)11-9-18/h4-11,21H,3,12-16H2,1-2H3/p+1/t21-/m1/s1. The van der Waals surface area contributed by atoms with Gasteiger partial charge in [-0.15, -0.1) is 0 Å². The summed E-state index contributed by atoms with van der Waals surface area (Å²) in [5, 5.41) is 0. The predicted octanol–water partition coefficient (Wildman–Crippen LogP) is 0.909. The Morgan fingerprint density at radius 1 is 1.00 bits per heavy atom. The Kier molecular flexibility index (Phi) is 6.41. The summed E-state index contributed by atoms with van der Waals surface area (Å²) < 4.78 is 10.2. The van der Waals surface area contributed by atoms with Gasteiger partial charge in [-0.2, -0.15) is 0 Å². The van der Waals surface area contributed by atoms with Crippen LogP contribution in [0.2, 0.25) is 0 Å². The van der Waals surface area contributed by atoms with E-state index < -0.39 is 5.97 Å². The van der Waals surface area contributed by atoms with Crippen LogP contribution in [0.25, 0.3) is 0 Å². The smallest absolute Gasteiger partial charge is 0.338 e. The molecule has 4 rings (SSSR count). The van der Waals surface area contributed by atoms with Gasteiger partial charge in [0.2, 0.25) is 5.91 Å². The predicted molar refractivity (Wildman–Crippen MR) is 119 cm³/mol. The molecule has 0 unspecified atom stereocenters. The maximum Gasteiger partial charge on any atom is 0.338 e. The van der Waals surface area contributed by atoms with E-state index in [2.05, 4.69) is 4.90 Å². The largest absolute Gasteiger partial charge is 0.497 e. The van der Waals surface area contributed by atoms with Crippen molar-refractivity contribution in [1.82, 2.24) is 0 Å². The summed E-state index contributed by atoms with van der Waals surface area (Å²) in [7, 11) is 1.65.